The molecule has 5 heteroatoms. The van der Waals surface area contributed by atoms with Crippen LogP contribution in [0.2, 0.25) is 0 Å². The quantitative estimate of drug-likeness (QED) is 0.545. The summed E-state index contributed by atoms with van der Waals surface area (Å²) in [5.74, 6) is -0.257. The topological polar surface area (TPSA) is 38.7 Å². The largest absolute Gasteiger partial charge is 0.245 e. The number of hydrogen-bond donors (Lipinski definition) is 0. The first-order valence-corrected chi connectivity index (χ1v) is 7.65. The number of hydrogen-bond acceptors (Lipinski definition) is 4. The van der Waals surface area contributed by atoms with Gasteiger partial charge in [0.1, 0.15) is 12.1 Å². The van der Waals surface area contributed by atoms with E-state index in [4.69, 9.17) is 0 Å². The molecular formula is C17H10FN3S. The van der Waals surface area contributed by atoms with Crippen LogP contribution in [0.1, 0.15) is 0 Å². The Kier molecular flexibility index (Phi) is 3.12. The van der Waals surface area contributed by atoms with Crippen LogP contribution in [0.5, 0.6) is 0 Å². The van der Waals surface area contributed by atoms with Crippen molar-refractivity contribution in [3.8, 4) is 22.5 Å². The van der Waals surface area contributed by atoms with Crippen LogP contribution in [0.3, 0.4) is 0 Å². The lowest BCUT2D eigenvalue weighted by Crippen LogP contribution is -1.90. The monoisotopic (exact) mass is 307 g/mol. The normalized spacial score (nSPS) is 11.0. The molecule has 0 radical (unpaired) electrons. The van der Waals surface area contributed by atoms with Crippen molar-refractivity contribution in [3.05, 3.63) is 65.5 Å². The molecule has 0 amide bonds. The SMILES string of the molecule is Fc1ccc(-c2ncnc3cc(-c4cscn4)ccc23)cc1. The van der Waals surface area contributed by atoms with Crippen molar-refractivity contribution in [2.24, 2.45) is 0 Å². The molecule has 106 valence electrons. The van der Waals surface area contributed by atoms with Gasteiger partial charge in [-0.1, -0.05) is 6.07 Å². The lowest BCUT2D eigenvalue weighted by molar-refractivity contribution is 0.628. The highest BCUT2D eigenvalue weighted by Gasteiger charge is 2.08. The van der Waals surface area contributed by atoms with Gasteiger partial charge in [0.15, 0.2) is 0 Å². The fourth-order valence-electron chi connectivity index (χ4n) is 2.41. The van der Waals surface area contributed by atoms with Gasteiger partial charge in [-0.05, 0) is 36.4 Å². The summed E-state index contributed by atoms with van der Waals surface area (Å²) in [5, 5.41) is 2.94. The molecular weight excluding hydrogens is 297 g/mol. The minimum atomic E-state index is -0.257. The van der Waals surface area contributed by atoms with Gasteiger partial charge in [-0.2, -0.15) is 0 Å². The number of nitrogens with zero attached hydrogens (tertiary/aromatic N) is 3. The van der Waals surface area contributed by atoms with Crippen molar-refractivity contribution in [3.63, 3.8) is 0 Å². The first-order chi connectivity index (χ1) is 10.8. The van der Waals surface area contributed by atoms with Gasteiger partial charge in [-0.15, -0.1) is 11.3 Å². The molecule has 22 heavy (non-hydrogen) atoms. The molecule has 0 atom stereocenters. The molecule has 0 aliphatic carbocycles. The Morgan fingerprint density at radius 1 is 0.864 bits per heavy atom. The van der Waals surface area contributed by atoms with Gasteiger partial charge in [-0.3, -0.25) is 0 Å². The average molecular weight is 307 g/mol. The zero-order chi connectivity index (χ0) is 14.9. The molecule has 0 N–H and O–H groups in total. The maximum atomic E-state index is 13.1. The minimum Gasteiger partial charge on any atom is -0.245 e. The third-order valence-corrected chi connectivity index (χ3v) is 4.07. The van der Waals surface area contributed by atoms with E-state index in [0.717, 1.165) is 33.4 Å². The molecule has 0 spiro atoms. The first kappa shape index (κ1) is 13.0. The number of fused-ring (bicyclic) bond motifs is 1. The van der Waals surface area contributed by atoms with E-state index in [-0.39, 0.29) is 5.82 Å². The Morgan fingerprint density at radius 2 is 1.68 bits per heavy atom. The van der Waals surface area contributed by atoms with Crippen LogP contribution in [0, 0.1) is 5.82 Å². The number of rotatable bonds is 2. The molecule has 4 aromatic rings. The maximum absolute atomic E-state index is 13.1. The second-order valence-corrected chi connectivity index (χ2v) is 5.55. The number of thiazole rings is 1. The number of aromatic nitrogens is 3. The standard InChI is InChI=1S/C17H10FN3S/c18-13-4-1-11(2-5-13)17-14-6-3-12(16-8-22-10-21-16)7-15(14)19-9-20-17/h1-10H. The van der Waals surface area contributed by atoms with Gasteiger partial charge >= 0.3 is 0 Å². The Bertz CT molecular complexity index is 934. The Labute approximate surface area is 130 Å². The van der Waals surface area contributed by atoms with Crippen LogP contribution in [0.4, 0.5) is 4.39 Å². The molecule has 0 unspecified atom stereocenters. The zero-order valence-electron chi connectivity index (χ0n) is 11.4. The minimum absolute atomic E-state index is 0.257. The molecule has 4 rings (SSSR count). The Balaban J connectivity index is 1.89. The molecule has 0 bridgehead atoms. The molecule has 2 aromatic carbocycles. The Morgan fingerprint density at radius 3 is 2.45 bits per heavy atom. The smallest absolute Gasteiger partial charge is 0.123 e. The van der Waals surface area contributed by atoms with Crippen LogP contribution in [-0.4, -0.2) is 15.0 Å². The van der Waals surface area contributed by atoms with Crippen LogP contribution in [0.15, 0.2) is 59.7 Å². The third kappa shape index (κ3) is 2.25. The van der Waals surface area contributed by atoms with Crippen molar-refractivity contribution in [1.82, 2.24) is 15.0 Å². The summed E-state index contributed by atoms with van der Waals surface area (Å²) in [6.07, 6.45) is 1.53. The summed E-state index contributed by atoms with van der Waals surface area (Å²) in [7, 11) is 0. The maximum Gasteiger partial charge on any atom is 0.123 e. The van der Waals surface area contributed by atoms with E-state index >= 15 is 0 Å². The van der Waals surface area contributed by atoms with Crippen molar-refractivity contribution in [1.29, 1.82) is 0 Å². The summed E-state index contributed by atoms with van der Waals surface area (Å²) in [4.78, 5) is 13.0. The molecule has 3 nitrogen and oxygen atoms in total. The van der Waals surface area contributed by atoms with E-state index in [1.165, 1.54) is 18.5 Å². The molecule has 0 fully saturated rings. The summed E-state index contributed by atoms with van der Waals surface area (Å²) < 4.78 is 13.1. The average Bonchev–Trinajstić information content (AvgIpc) is 3.09. The van der Waals surface area contributed by atoms with Crippen molar-refractivity contribution >= 4 is 22.2 Å². The van der Waals surface area contributed by atoms with Gasteiger partial charge in [0.05, 0.1) is 22.4 Å². The van der Waals surface area contributed by atoms with Crippen molar-refractivity contribution in [2.75, 3.05) is 0 Å². The summed E-state index contributed by atoms with van der Waals surface area (Å²) in [6.45, 7) is 0. The van der Waals surface area contributed by atoms with Crippen molar-refractivity contribution in [2.45, 2.75) is 0 Å². The molecule has 2 heterocycles. The van der Waals surface area contributed by atoms with E-state index in [1.54, 1.807) is 23.5 Å². The predicted octanol–water partition coefficient (Wildman–Crippen LogP) is 4.56. The first-order valence-electron chi connectivity index (χ1n) is 6.70. The summed E-state index contributed by atoms with van der Waals surface area (Å²) in [6, 6.07) is 12.3. The molecule has 0 saturated carbocycles. The molecule has 0 saturated heterocycles. The lowest BCUT2D eigenvalue weighted by atomic mass is 10.0. The van der Waals surface area contributed by atoms with E-state index in [0.29, 0.717) is 0 Å². The zero-order valence-corrected chi connectivity index (χ0v) is 12.2. The van der Waals surface area contributed by atoms with E-state index in [1.807, 2.05) is 29.1 Å². The fourth-order valence-corrected chi connectivity index (χ4v) is 2.97. The predicted molar refractivity (Wildman–Crippen MR) is 86.0 cm³/mol. The number of benzene rings is 2. The van der Waals surface area contributed by atoms with Gasteiger partial charge in [0, 0.05) is 21.9 Å². The van der Waals surface area contributed by atoms with E-state index in [2.05, 4.69) is 15.0 Å². The lowest BCUT2D eigenvalue weighted by Gasteiger charge is -2.06. The van der Waals surface area contributed by atoms with Crippen LogP contribution in [0.25, 0.3) is 33.4 Å². The van der Waals surface area contributed by atoms with Gasteiger partial charge in [-0.25, -0.2) is 19.3 Å². The second-order valence-electron chi connectivity index (χ2n) is 4.83. The van der Waals surface area contributed by atoms with Crippen LogP contribution >= 0.6 is 11.3 Å². The highest BCUT2D eigenvalue weighted by atomic mass is 32.1. The molecule has 2 aromatic heterocycles. The highest BCUT2D eigenvalue weighted by molar-refractivity contribution is 7.07. The second kappa shape index (κ2) is 5.27. The van der Waals surface area contributed by atoms with E-state index < -0.39 is 0 Å². The van der Waals surface area contributed by atoms with Gasteiger partial charge in [0.25, 0.3) is 0 Å². The third-order valence-electron chi connectivity index (χ3n) is 3.48. The summed E-state index contributed by atoms with van der Waals surface area (Å²) >= 11 is 1.56. The van der Waals surface area contributed by atoms with Crippen LogP contribution < -0.4 is 0 Å². The van der Waals surface area contributed by atoms with E-state index in [9.17, 15) is 4.39 Å². The van der Waals surface area contributed by atoms with Crippen LogP contribution in [-0.2, 0) is 0 Å². The van der Waals surface area contributed by atoms with Gasteiger partial charge in [0.2, 0.25) is 0 Å². The van der Waals surface area contributed by atoms with Gasteiger partial charge < -0.3 is 0 Å². The number of halogens is 1. The molecule has 0 aliphatic heterocycles. The Hall–Kier alpha value is -2.66. The fraction of sp³-hybridized carbons (Fsp3) is 0. The summed E-state index contributed by atoms with van der Waals surface area (Å²) in [5.41, 5.74) is 6.29. The van der Waals surface area contributed by atoms with Crippen molar-refractivity contribution < 1.29 is 4.39 Å². The molecule has 0 aliphatic rings. The highest BCUT2D eigenvalue weighted by Crippen LogP contribution is 2.29.